The molecule has 154 valence electrons. The number of nitrogens with zero attached hydrogens (tertiary/aromatic N) is 2. The van der Waals surface area contributed by atoms with Crippen LogP contribution in [0, 0.1) is 0 Å². The molecule has 5 nitrogen and oxygen atoms in total. The van der Waals surface area contributed by atoms with Crippen molar-refractivity contribution < 1.29 is 14.3 Å². The number of benzene rings is 3. The number of carbonyl (C=O) groups excluding carboxylic acids is 1. The summed E-state index contributed by atoms with van der Waals surface area (Å²) >= 11 is 0. The van der Waals surface area contributed by atoms with Crippen molar-refractivity contribution in [1.82, 2.24) is 0 Å². The maximum atomic E-state index is 12.3. The van der Waals surface area contributed by atoms with Crippen molar-refractivity contribution in [2.75, 3.05) is 13.7 Å². The second kappa shape index (κ2) is 9.22. The average molecular weight is 410 g/mol. The zero-order valence-corrected chi connectivity index (χ0v) is 17.4. The zero-order chi connectivity index (χ0) is 21.6. The van der Waals surface area contributed by atoms with E-state index < -0.39 is 5.97 Å². The monoisotopic (exact) mass is 410 g/mol. The molecule has 3 aromatic rings. The van der Waals surface area contributed by atoms with Crippen molar-refractivity contribution in [2.24, 2.45) is 10.2 Å². The van der Waals surface area contributed by atoms with E-state index >= 15 is 0 Å². The van der Waals surface area contributed by atoms with Gasteiger partial charge in [-0.05, 0) is 41.8 Å². The van der Waals surface area contributed by atoms with Gasteiger partial charge in [0, 0.05) is 11.1 Å². The van der Waals surface area contributed by atoms with Crippen molar-refractivity contribution in [1.29, 1.82) is 0 Å². The van der Waals surface area contributed by atoms with Gasteiger partial charge in [0.1, 0.15) is 11.5 Å². The molecule has 0 aromatic heterocycles. The van der Waals surface area contributed by atoms with Crippen LogP contribution >= 0.6 is 0 Å². The van der Waals surface area contributed by atoms with Gasteiger partial charge in [0.05, 0.1) is 13.7 Å². The Balaban J connectivity index is 1.68. The number of ether oxygens (including phenoxy) is 2. The summed E-state index contributed by atoms with van der Waals surface area (Å²) in [6, 6.07) is 23.7. The van der Waals surface area contributed by atoms with E-state index in [-0.39, 0.29) is 5.71 Å². The molecule has 0 bridgehead atoms. The van der Waals surface area contributed by atoms with Crippen LogP contribution in [-0.4, -0.2) is 31.1 Å². The fraction of sp³-hybridized carbons (Fsp3) is 0.115. The molecule has 0 N–H and O–H groups in total. The van der Waals surface area contributed by atoms with Crippen LogP contribution in [0.25, 0.3) is 17.2 Å². The molecule has 1 aliphatic carbocycles. The second-order valence-electron chi connectivity index (χ2n) is 6.85. The summed E-state index contributed by atoms with van der Waals surface area (Å²) in [6.07, 6.45) is 3.40. The first-order valence-electron chi connectivity index (χ1n) is 10.1. The van der Waals surface area contributed by atoms with E-state index in [0.29, 0.717) is 6.61 Å². The van der Waals surface area contributed by atoms with Crippen LogP contribution in [0.4, 0.5) is 0 Å². The fourth-order valence-electron chi connectivity index (χ4n) is 3.47. The fourth-order valence-corrected chi connectivity index (χ4v) is 3.47. The Morgan fingerprint density at radius 3 is 2.00 bits per heavy atom. The van der Waals surface area contributed by atoms with Crippen molar-refractivity contribution in [2.45, 2.75) is 6.92 Å². The first-order valence-corrected chi connectivity index (χ1v) is 10.1. The number of fused-ring (bicyclic) bond motifs is 3. The third kappa shape index (κ3) is 4.31. The number of rotatable bonds is 6. The van der Waals surface area contributed by atoms with Crippen molar-refractivity contribution in [3.05, 3.63) is 95.6 Å². The number of hydrogen-bond acceptors (Lipinski definition) is 5. The molecule has 3 aromatic carbocycles. The first kappa shape index (κ1) is 20.3. The first-order chi connectivity index (χ1) is 15.2. The van der Waals surface area contributed by atoms with E-state index in [1.54, 1.807) is 12.2 Å². The standard InChI is InChI=1S/C26H22N2O3/c1-3-31-19-15-12-18(13-16-19)14-17-24(26(29)30-2)27-28-25-22-10-6-4-8-20(22)21-9-5-7-11-23(21)25/h4-17H,3H2,1-2H3. The number of methoxy groups -OCH3 is 1. The summed E-state index contributed by atoms with van der Waals surface area (Å²) < 4.78 is 10.4. The minimum absolute atomic E-state index is 0.116. The smallest absolute Gasteiger partial charge is 0.358 e. The molecule has 0 atom stereocenters. The topological polar surface area (TPSA) is 60.2 Å². The molecule has 0 radical (unpaired) electrons. The summed E-state index contributed by atoms with van der Waals surface area (Å²) in [5.41, 5.74) is 5.96. The Labute approximate surface area is 181 Å². The Morgan fingerprint density at radius 2 is 1.45 bits per heavy atom. The summed E-state index contributed by atoms with van der Waals surface area (Å²) in [6.45, 7) is 2.55. The summed E-state index contributed by atoms with van der Waals surface area (Å²) in [5.74, 6) is 0.248. The predicted molar refractivity (Wildman–Crippen MR) is 124 cm³/mol. The van der Waals surface area contributed by atoms with Crippen LogP contribution in [0.1, 0.15) is 23.6 Å². The molecular formula is C26H22N2O3. The molecular weight excluding hydrogens is 388 g/mol. The third-order valence-electron chi connectivity index (χ3n) is 4.93. The molecule has 31 heavy (non-hydrogen) atoms. The van der Waals surface area contributed by atoms with Crippen molar-refractivity contribution in [3.8, 4) is 16.9 Å². The van der Waals surface area contributed by atoms with Crippen LogP contribution < -0.4 is 4.74 Å². The molecule has 1 aliphatic rings. The van der Waals surface area contributed by atoms with E-state index in [2.05, 4.69) is 22.3 Å². The van der Waals surface area contributed by atoms with Gasteiger partial charge in [0.15, 0.2) is 5.71 Å². The van der Waals surface area contributed by atoms with Crippen LogP contribution in [0.3, 0.4) is 0 Å². The van der Waals surface area contributed by atoms with Gasteiger partial charge in [0.25, 0.3) is 0 Å². The zero-order valence-electron chi connectivity index (χ0n) is 17.4. The molecule has 0 heterocycles. The molecule has 0 unspecified atom stereocenters. The Kier molecular flexibility index (Phi) is 6.03. The van der Waals surface area contributed by atoms with Gasteiger partial charge >= 0.3 is 5.97 Å². The molecule has 0 amide bonds. The molecule has 0 spiro atoms. The normalized spacial score (nSPS) is 12.5. The molecule has 0 saturated carbocycles. The summed E-state index contributed by atoms with van der Waals surface area (Å²) in [7, 11) is 1.33. The largest absolute Gasteiger partial charge is 0.494 e. The quantitative estimate of drug-likeness (QED) is 0.251. The molecule has 0 aliphatic heterocycles. The predicted octanol–water partition coefficient (Wildman–Crippen LogP) is 5.15. The highest BCUT2D eigenvalue weighted by atomic mass is 16.5. The average Bonchev–Trinajstić information content (AvgIpc) is 3.14. The lowest BCUT2D eigenvalue weighted by Gasteiger charge is -2.03. The highest BCUT2D eigenvalue weighted by Crippen LogP contribution is 2.36. The Hall–Kier alpha value is -3.99. The minimum Gasteiger partial charge on any atom is -0.494 e. The van der Waals surface area contributed by atoms with Gasteiger partial charge in [-0.1, -0.05) is 66.7 Å². The highest BCUT2D eigenvalue weighted by Gasteiger charge is 2.24. The lowest BCUT2D eigenvalue weighted by Crippen LogP contribution is -2.13. The Morgan fingerprint density at radius 1 is 0.871 bits per heavy atom. The van der Waals surface area contributed by atoms with Gasteiger partial charge in [-0.3, -0.25) is 0 Å². The van der Waals surface area contributed by atoms with Gasteiger partial charge in [-0.25, -0.2) is 4.79 Å². The van der Waals surface area contributed by atoms with Crippen LogP contribution in [0.5, 0.6) is 5.75 Å². The van der Waals surface area contributed by atoms with E-state index in [9.17, 15) is 4.79 Å². The van der Waals surface area contributed by atoms with Gasteiger partial charge in [-0.2, -0.15) is 0 Å². The van der Waals surface area contributed by atoms with E-state index in [0.717, 1.165) is 39.3 Å². The molecule has 0 fully saturated rings. The molecule has 5 heteroatoms. The van der Waals surface area contributed by atoms with Gasteiger partial charge < -0.3 is 9.47 Å². The van der Waals surface area contributed by atoms with E-state index in [4.69, 9.17) is 9.47 Å². The third-order valence-corrected chi connectivity index (χ3v) is 4.93. The number of carbonyl (C=O) groups is 1. The highest BCUT2D eigenvalue weighted by molar-refractivity contribution is 6.42. The van der Waals surface area contributed by atoms with Crippen molar-refractivity contribution >= 4 is 23.5 Å². The van der Waals surface area contributed by atoms with Crippen LogP contribution in [0.2, 0.25) is 0 Å². The maximum absolute atomic E-state index is 12.3. The minimum atomic E-state index is -0.550. The van der Waals surface area contributed by atoms with Crippen LogP contribution in [-0.2, 0) is 9.53 Å². The summed E-state index contributed by atoms with van der Waals surface area (Å²) in [4.78, 5) is 12.3. The van der Waals surface area contributed by atoms with Crippen LogP contribution in [0.15, 0.2) is 89.1 Å². The molecule has 4 rings (SSSR count). The lowest BCUT2D eigenvalue weighted by atomic mass is 10.1. The second-order valence-corrected chi connectivity index (χ2v) is 6.85. The number of hydrogen-bond donors (Lipinski definition) is 0. The van der Waals surface area contributed by atoms with E-state index in [1.807, 2.05) is 67.6 Å². The van der Waals surface area contributed by atoms with Gasteiger partial charge in [0.2, 0.25) is 0 Å². The maximum Gasteiger partial charge on any atom is 0.358 e. The number of esters is 1. The van der Waals surface area contributed by atoms with Crippen molar-refractivity contribution in [3.63, 3.8) is 0 Å². The Bertz CT molecular complexity index is 1140. The SMILES string of the molecule is CCOc1ccc(C=CC(=NN=C2c3ccccc3-c3ccccc32)C(=O)OC)cc1. The molecule has 0 saturated heterocycles. The lowest BCUT2D eigenvalue weighted by molar-refractivity contribution is -0.132. The van der Waals surface area contributed by atoms with Gasteiger partial charge in [-0.15, -0.1) is 10.2 Å². The summed E-state index contributed by atoms with van der Waals surface area (Å²) in [5, 5.41) is 8.71. The van der Waals surface area contributed by atoms with E-state index in [1.165, 1.54) is 7.11 Å².